The molecule has 1 aromatic heterocycles. The van der Waals surface area contributed by atoms with Gasteiger partial charge in [0.1, 0.15) is 0 Å². The minimum absolute atomic E-state index is 0.133. The van der Waals surface area contributed by atoms with Gasteiger partial charge in [0.15, 0.2) is 17.3 Å². The summed E-state index contributed by atoms with van der Waals surface area (Å²) in [5.41, 5.74) is 0.827. The number of benzene rings is 1. The summed E-state index contributed by atoms with van der Waals surface area (Å²) in [6.07, 6.45) is 1.46. The van der Waals surface area contributed by atoms with E-state index in [1.165, 1.54) is 6.26 Å². The molecule has 2 aromatic rings. The number of rotatable bonds is 8. The molecule has 1 aromatic carbocycles. The monoisotopic (exact) mass is 402 g/mol. The molecule has 1 saturated heterocycles. The lowest BCUT2D eigenvalue weighted by Gasteiger charge is -2.21. The quantitative estimate of drug-likeness (QED) is 0.679. The van der Waals surface area contributed by atoms with E-state index < -0.39 is 5.92 Å². The Morgan fingerprint density at radius 1 is 1.14 bits per heavy atom. The predicted molar refractivity (Wildman–Crippen MR) is 105 cm³/mol. The van der Waals surface area contributed by atoms with E-state index in [0.29, 0.717) is 31.2 Å². The average molecular weight is 402 g/mol. The Kier molecular flexibility index (Phi) is 6.77. The van der Waals surface area contributed by atoms with Crippen LogP contribution in [-0.4, -0.2) is 64.3 Å². The van der Waals surface area contributed by atoms with Gasteiger partial charge in [-0.2, -0.15) is 0 Å². The van der Waals surface area contributed by atoms with Crippen molar-refractivity contribution >= 4 is 11.8 Å². The first-order valence-electron chi connectivity index (χ1n) is 9.41. The van der Waals surface area contributed by atoms with Crippen LogP contribution in [0.5, 0.6) is 11.5 Å². The minimum atomic E-state index is -0.438. The van der Waals surface area contributed by atoms with E-state index in [2.05, 4.69) is 5.32 Å². The van der Waals surface area contributed by atoms with Gasteiger partial charge < -0.3 is 28.8 Å². The van der Waals surface area contributed by atoms with Gasteiger partial charge in [0.25, 0.3) is 5.91 Å². The third-order valence-electron chi connectivity index (χ3n) is 5.11. The molecule has 156 valence electrons. The van der Waals surface area contributed by atoms with Crippen LogP contribution in [0, 0.1) is 5.92 Å². The molecular weight excluding hydrogens is 376 g/mol. The Balaban J connectivity index is 1.91. The number of para-hydroxylation sites is 1. The molecule has 0 radical (unpaired) electrons. The summed E-state index contributed by atoms with van der Waals surface area (Å²) in [4.78, 5) is 27.4. The van der Waals surface area contributed by atoms with Crippen molar-refractivity contribution < 1.29 is 28.2 Å². The predicted octanol–water partition coefficient (Wildman–Crippen LogP) is 1.92. The zero-order chi connectivity index (χ0) is 20.8. The standard InChI is InChI=1S/C21H26N2O6/c1-26-11-9-22-20(24)16-13-23(21(25)18-8-5-10-29-18)12-15(16)14-6-4-7-17(27-2)19(14)28-3/h4-8,10,15-16H,9,11-13H2,1-3H3,(H,22,24). The smallest absolute Gasteiger partial charge is 0.289 e. The molecule has 1 fully saturated rings. The third-order valence-corrected chi connectivity index (χ3v) is 5.11. The van der Waals surface area contributed by atoms with Gasteiger partial charge in [-0.05, 0) is 18.2 Å². The van der Waals surface area contributed by atoms with Crippen molar-refractivity contribution in [1.29, 1.82) is 0 Å². The van der Waals surface area contributed by atoms with Crippen molar-refractivity contribution in [2.24, 2.45) is 5.92 Å². The first-order chi connectivity index (χ1) is 14.1. The Morgan fingerprint density at radius 3 is 2.62 bits per heavy atom. The third kappa shape index (κ3) is 4.37. The number of ether oxygens (including phenoxy) is 3. The van der Waals surface area contributed by atoms with Crippen molar-refractivity contribution in [1.82, 2.24) is 10.2 Å². The lowest BCUT2D eigenvalue weighted by molar-refractivity contribution is -0.125. The summed E-state index contributed by atoms with van der Waals surface area (Å²) in [6.45, 7) is 1.47. The Morgan fingerprint density at radius 2 is 1.97 bits per heavy atom. The molecule has 2 unspecified atom stereocenters. The second-order valence-electron chi connectivity index (χ2n) is 6.77. The fourth-order valence-electron chi connectivity index (χ4n) is 3.72. The van der Waals surface area contributed by atoms with Crippen LogP contribution in [0.3, 0.4) is 0 Å². The van der Waals surface area contributed by atoms with Crippen LogP contribution in [0.2, 0.25) is 0 Å². The van der Waals surface area contributed by atoms with Crippen LogP contribution in [0.1, 0.15) is 22.0 Å². The average Bonchev–Trinajstić information content (AvgIpc) is 3.43. The summed E-state index contributed by atoms with van der Waals surface area (Å²) in [7, 11) is 4.71. The van der Waals surface area contributed by atoms with Crippen LogP contribution in [0.4, 0.5) is 0 Å². The zero-order valence-electron chi connectivity index (χ0n) is 16.8. The van der Waals surface area contributed by atoms with Crippen LogP contribution < -0.4 is 14.8 Å². The summed E-state index contributed by atoms with van der Waals surface area (Å²) in [5.74, 6) is 0.345. The van der Waals surface area contributed by atoms with Gasteiger partial charge in [-0.25, -0.2) is 0 Å². The highest BCUT2D eigenvalue weighted by molar-refractivity contribution is 5.93. The van der Waals surface area contributed by atoms with Gasteiger partial charge >= 0.3 is 0 Å². The maximum absolute atomic E-state index is 12.9. The topological polar surface area (TPSA) is 90.2 Å². The van der Waals surface area contributed by atoms with Crippen molar-refractivity contribution in [2.45, 2.75) is 5.92 Å². The normalized spacial score (nSPS) is 18.5. The van der Waals surface area contributed by atoms with E-state index in [4.69, 9.17) is 18.6 Å². The summed E-state index contributed by atoms with van der Waals surface area (Å²) >= 11 is 0. The number of hydrogen-bond acceptors (Lipinski definition) is 6. The van der Waals surface area contributed by atoms with E-state index in [0.717, 1.165) is 5.56 Å². The Labute approximate surface area is 169 Å². The molecule has 2 heterocycles. The SMILES string of the molecule is COCCNC(=O)C1CN(C(=O)c2ccco2)CC1c1cccc(OC)c1OC. The van der Waals surface area contributed by atoms with Crippen LogP contribution in [-0.2, 0) is 9.53 Å². The molecule has 0 aliphatic carbocycles. The van der Waals surface area contributed by atoms with E-state index >= 15 is 0 Å². The Hall–Kier alpha value is -3.00. The maximum Gasteiger partial charge on any atom is 0.289 e. The lowest BCUT2D eigenvalue weighted by Crippen LogP contribution is -2.37. The number of nitrogens with zero attached hydrogens (tertiary/aromatic N) is 1. The molecule has 3 rings (SSSR count). The van der Waals surface area contributed by atoms with Crippen LogP contribution in [0.15, 0.2) is 41.0 Å². The number of nitrogens with one attached hydrogen (secondary N) is 1. The summed E-state index contributed by atoms with van der Waals surface area (Å²) in [5, 5.41) is 2.89. The summed E-state index contributed by atoms with van der Waals surface area (Å²) < 4.78 is 21.2. The fraction of sp³-hybridized carbons (Fsp3) is 0.429. The number of furan rings is 1. The fourth-order valence-corrected chi connectivity index (χ4v) is 3.72. The molecule has 8 heteroatoms. The Bertz CT molecular complexity index is 836. The highest BCUT2D eigenvalue weighted by atomic mass is 16.5. The molecule has 1 aliphatic rings. The number of amides is 2. The van der Waals surface area contributed by atoms with Gasteiger partial charge in [-0.1, -0.05) is 12.1 Å². The summed E-state index contributed by atoms with van der Waals surface area (Å²) in [6, 6.07) is 8.85. The molecule has 2 atom stereocenters. The maximum atomic E-state index is 12.9. The first kappa shape index (κ1) is 20.7. The molecule has 1 N–H and O–H groups in total. The molecule has 8 nitrogen and oxygen atoms in total. The molecule has 0 bridgehead atoms. The van der Waals surface area contributed by atoms with Gasteiger partial charge in [-0.15, -0.1) is 0 Å². The zero-order valence-corrected chi connectivity index (χ0v) is 16.8. The number of likely N-dealkylation sites (tertiary alicyclic amines) is 1. The van der Waals surface area contributed by atoms with Gasteiger partial charge in [0.05, 0.1) is 33.0 Å². The van der Waals surface area contributed by atoms with Gasteiger partial charge in [0, 0.05) is 38.2 Å². The van der Waals surface area contributed by atoms with Crippen molar-refractivity contribution in [3.63, 3.8) is 0 Å². The molecule has 1 aliphatic heterocycles. The van der Waals surface area contributed by atoms with Crippen molar-refractivity contribution in [2.75, 3.05) is 47.6 Å². The van der Waals surface area contributed by atoms with Gasteiger partial charge in [-0.3, -0.25) is 9.59 Å². The lowest BCUT2D eigenvalue weighted by atomic mass is 9.87. The second-order valence-corrected chi connectivity index (χ2v) is 6.77. The number of carbonyl (C=O) groups excluding carboxylic acids is 2. The largest absolute Gasteiger partial charge is 0.493 e. The number of carbonyl (C=O) groups is 2. The van der Waals surface area contributed by atoms with Crippen molar-refractivity contribution in [3.8, 4) is 11.5 Å². The molecule has 0 saturated carbocycles. The molecule has 2 amide bonds. The highest BCUT2D eigenvalue weighted by Gasteiger charge is 2.42. The molecule has 0 spiro atoms. The first-order valence-corrected chi connectivity index (χ1v) is 9.41. The van der Waals surface area contributed by atoms with E-state index in [-0.39, 0.29) is 30.0 Å². The molecule has 29 heavy (non-hydrogen) atoms. The van der Waals surface area contributed by atoms with Crippen molar-refractivity contribution in [3.05, 3.63) is 47.9 Å². The second kappa shape index (κ2) is 9.47. The van der Waals surface area contributed by atoms with Crippen LogP contribution >= 0.6 is 0 Å². The minimum Gasteiger partial charge on any atom is -0.493 e. The highest BCUT2D eigenvalue weighted by Crippen LogP contribution is 2.42. The van der Waals surface area contributed by atoms with Crippen LogP contribution in [0.25, 0.3) is 0 Å². The van der Waals surface area contributed by atoms with E-state index in [1.807, 2.05) is 12.1 Å². The number of methoxy groups -OCH3 is 3. The molecular formula is C21H26N2O6. The number of hydrogen-bond donors (Lipinski definition) is 1. The van der Waals surface area contributed by atoms with Gasteiger partial charge in [0.2, 0.25) is 5.91 Å². The van der Waals surface area contributed by atoms with E-state index in [9.17, 15) is 9.59 Å². The van der Waals surface area contributed by atoms with E-state index in [1.54, 1.807) is 44.4 Å².